The monoisotopic (exact) mass is 762 g/mol. The minimum atomic E-state index is 1.21. The average molecular weight is 763 g/mol. The Kier molecular flexibility index (Phi) is 6.98. The summed E-state index contributed by atoms with van der Waals surface area (Å²) in [5, 5.41) is 13.0. The second-order valence-electron chi connectivity index (χ2n) is 15.9. The van der Waals surface area contributed by atoms with E-state index in [1.54, 1.807) is 0 Å². The van der Waals surface area contributed by atoms with Crippen molar-refractivity contribution >= 4 is 74.6 Å². The molecule has 0 N–H and O–H groups in total. The van der Waals surface area contributed by atoms with Crippen molar-refractivity contribution in [2.75, 3.05) is 0 Å². The topological polar surface area (TPSA) is 0 Å². The average Bonchev–Trinajstić information content (AvgIpc) is 3.85. The second-order valence-corrected chi connectivity index (χ2v) is 17.0. The van der Waals surface area contributed by atoms with Crippen LogP contribution in [0.4, 0.5) is 0 Å². The molecule has 0 amide bonds. The number of benzene rings is 11. The zero-order valence-corrected chi connectivity index (χ0v) is 32.9. The Morgan fingerprint density at radius 1 is 0.237 bits per heavy atom. The highest BCUT2D eigenvalue weighted by atomic mass is 32.1. The summed E-state index contributed by atoms with van der Waals surface area (Å²) in [6.07, 6.45) is 0. The van der Waals surface area contributed by atoms with Gasteiger partial charge in [-0.2, -0.15) is 0 Å². The predicted octanol–water partition coefficient (Wildman–Crippen LogP) is 17.0. The third-order valence-electron chi connectivity index (χ3n) is 12.8. The van der Waals surface area contributed by atoms with E-state index in [1.807, 2.05) is 11.3 Å². The van der Waals surface area contributed by atoms with Crippen LogP contribution in [0, 0.1) is 0 Å². The lowest BCUT2D eigenvalue weighted by atomic mass is 9.85. The molecular formula is C58H34S. The van der Waals surface area contributed by atoms with Gasteiger partial charge in [-0.3, -0.25) is 0 Å². The van der Waals surface area contributed by atoms with E-state index in [1.165, 1.54) is 130 Å². The number of fused-ring (bicyclic) bond motifs is 10. The van der Waals surface area contributed by atoms with Gasteiger partial charge in [0.15, 0.2) is 0 Å². The fourth-order valence-electron chi connectivity index (χ4n) is 10.3. The van der Waals surface area contributed by atoms with Gasteiger partial charge in [-0.1, -0.05) is 188 Å². The minimum Gasteiger partial charge on any atom is -0.135 e. The van der Waals surface area contributed by atoms with Crippen molar-refractivity contribution in [1.29, 1.82) is 0 Å². The molecule has 272 valence electrons. The van der Waals surface area contributed by atoms with Gasteiger partial charge in [0.05, 0.1) is 0 Å². The van der Waals surface area contributed by atoms with Gasteiger partial charge in [0.25, 0.3) is 0 Å². The van der Waals surface area contributed by atoms with Crippen molar-refractivity contribution in [3.05, 3.63) is 206 Å². The molecule has 1 heteroatoms. The first-order valence-corrected chi connectivity index (χ1v) is 21.2. The molecule has 1 aromatic heterocycles. The maximum Gasteiger partial charge on any atom is 0.0361 e. The van der Waals surface area contributed by atoms with Crippen LogP contribution in [0.5, 0.6) is 0 Å². The molecule has 1 heterocycles. The molecule has 0 bridgehead atoms. The Bertz CT molecular complexity index is 3630. The molecule has 59 heavy (non-hydrogen) atoms. The first-order chi connectivity index (χ1) is 29.3. The lowest BCUT2D eigenvalue weighted by Gasteiger charge is -2.18. The zero-order valence-electron chi connectivity index (χ0n) is 32.0. The van der Waals surface area contributed by atoms with E-state index < -0.39 is 0 Å². The molecular weight excluding hydrogens is 729 g/mol. The highest BCUT2D eigenvalue weighted by Gasteiger charge is 2.23. The first-order valence-electron chi connectivity index (χ1n) is 20.4. The molecule has 0 saturated carbocycles. The van der Waals surface area contributed by atoms with Crippen molar-refractivity contribution in [1.82, 2.24) is 0 Å². The lowest BCUT2D eigenvalue weighted by molar-refractivity contribution is 1.59. The third kappa shape index (κ3) is 4.77. The van der Waals surface area contributed by atoms with Crippen molar-refractivity contribution in [2.45, 2.75) is 0 Å². The fourth-order valence-corrected chi connectivity index (χ4v) is 11.4. The highest BCUT2D eigenvalue weighted by Crippen LogP contribution is 2.51. The Hall–Kier alpha value is -7.32. The van der Waals surface area contributed by atoms with E-state index in [0.717, 1.165) is 0 Å². The maximum atomic E-state index is 2.45. The summed E-state index contributed by atoms with van der Waals surface area (Å²) in [5.41, 5.74) is 15.3. The molecule has 0 nitrogen and oxygen atoms in total. The van der Waals surface area contributed by atoms with Crippen LogP contribution in [0.3, 0.4) is 0 Å². The van der Waals surface area contributed by atoms with Crippen LogP contribution in [-0.2, 0) is 0 Å². The van der Waals surface area contributed by atoms with E-state index in [4.69, 9.17) is 0 Å². The molecule has 0 radical (unpaired) electrons. The lowest BCUT2D eigenvalue weighted by Crippen LogP contribution is -1.91. The molecule has 13 rings (SSSR count). The molecule has 1 aliphatic rings. The maximum absolute atomic E-state index is 2.45. The van der Waals surface area contributed by atoms with Crippen LogP contribution < -0.4 is 0 Å². The fraction of sp³-hybridized carbons (Fsp3) is 0. The quantitative estimate of drug-likeness (QED) is 0.157. The summed E-state index contributed by atoms with van der Waals surface area (Å²) < 4.78 is 2.66. The molecule has 0 saturated heterocycles. The van der Waals surface area contributed by atoms with E-state index in [-0.39, 0.29) is 0 Å². The Morgan fingerprint density at radius 2 is 0.712 bits per heavy atom. The Balaban J connectivity index is 0.963. The van der Waals surface area contributed by atoms with Crippen molar-refractivity contribution in [2.24, 2.45) is 0 Å². The Morgan fingerprint density at radius 3 is 1.41 bits per heavy atom. The van der Waals surface area contributed by atoms with Gasteiger partial charge in [-0.25, -0.2) is 0 Å². The summed E-state index contributed by atoms with van der Waals surface area (Å²) in [4.78, 5) is 0. The van der Waals surface area contributed by atoms with Crippen molar-refractivity contribution in [3.63, 3.8) is 0 Å². The molecule has 1 aliphatic carbocycles. The molecule has 0 spiro atoms. The van der Waals surface area contributed by atoms with E-state index in [2.05, 4.69) is 206 Å². The number of rotatable bonds is 4. The van der Waals surface area contributed by atoms with E-state index in [0.29, 0.717) is 0 Å². The summed E-state index contributed by atoms with van der Waals surface area (Å²) in [6, 6.07) is 76.9. The Labute approximate surface area is 345 Å². The van der Waals surface area contributed by atoms with Crippen LogP contribution >= 0.6 is 11.3 Å². The molecule has 0 fully saturated rings. The molecule has 12 aromatic rings. The molecule has 0 atom stereocenters. The molecule has 11 aromatic carbocycles. The van der Waals surface area contributed by atoms with E-state index >= 15 is 0 Å². The van der Waals surface area contributed by atoms with Gasteiger partial charge in [-0.15, -0.1) is 11.3 Å². The van der Waals surface area contributed by atoms with E-state index in [9.17, 15) is 0 Å². The predicted molar refractivity (Wildman–Crippen MR) is 256 cm³/mol. The summed E-state index contributed by atoms with van der Waals surface area (Å²) in [6.45, 7) is 0. The second kappa shape index (κ2) is 12.6. The first kappa shape index (κ1) is 32.7. The van der Waals surface area contributed by atoms with Crippen LogP contribution in [-0.4, -0.2) is 0 Å². The zero-order chi connectivity index (χ0) is 38.6. The molecule has 0 unspecified atom stereocenters. The van der Waals surface area contributed by atoms with Crippen molar-refractivity contribution < 1.29 is 0 Å². The van der Waals surface area contributed by atoms with Gasteiger partial charge in [0, 0.05) is 20.2 Å². The third-order valence-corrected chi connectivity index (χ3v) is 14.0. The summed E-state index contributed by atoms with van der Waals surface area (Å²) >= 11 is 1.89. The summed E-state index contributed by atoms with van der Waals surface area (Å²) in [5.74, 6) is 0. The SMILES string of the molecule is c1ccc(-c2ccc3c4c(cccc24)-c2ccccc2-3)c(-c2ccc(-c3c4ccccc4c(-c4ccc5sc6ccc7ccccc7c6c5c4)c4ccccc34)cc2)c1. The van der Waals surface area contributed by atoms with Crippen LogP contribution in [0.25, 0.3) is 130 Å². The van der Waals surface area contributed by atoms with Crippen LogP contribution in [0.2, 0.25) is 0 Å². The van der Waals surface area contributed by atoms with Gasteiger partial charge in [0.1, 0.15) is 0 Å². The minimum absolute atomic E-state index is 1.21. The van der Waals surface area contributed by atoms with Gasteiger partial charge in [-0.05, 0) is 128 Å². The van der Waals surface area contributed by atoms with Crippen LogP contribution in [0.1, 0.15) is 0 Å². The smallest absolute Gasteiger partial charge is 0.0361 e. The highest BCUT2D eigenvalue weighted by molar-refractivity contribution is 7.26. The largest absolute Gasteiger partial charge is 0.135 e. The van der Waals surface area contributed by atoms with Crippen molar-refractivity contribution in [3.8, 4) is 66.8 Å². The van der Waals surface area contributed by atoms with Gasteiger partial charge >= 0.3 is 0 Å². The number of hydrogen-bond acceptors (Lipinski definition) is 1. The van der Waals surface area contributed by atoms with Gasteiger partial charge in [0.2, 0.25) is 0 Å². The van der Waals surface area contributed by atoms with Gasteiger partial charge < -0.3 is 0 Å². The number of hydrogen-bond donors (Lipinski definition) is 0. The standard InChI is InChI=1S/C58H34S/c1-2-14-40-35(12-1)28-33-54-58(40)52-34-38(29-32-53(52)59-54)56-49-20-9-7-18-47(49)55(48-19-8-10-21-50(48)56)37-26-24-36(25-27-37)39-13-3-4-15-41(39)44-30-31-51-43-17-6-5-16-42(43)45-22-11-23-46(44)57(45)51/h1-34H. The molecule has 0 aliphatic heterocycles. The van der Waals surface area contributed by atoms with Crippen LogP contribution in [0.15, 0.2) is 206 Å². The summed E-state index contributed by atoms with van der Waals surface area (Å²) in [7, 11) is 0. The normalized spacial score (nSPS) is 12.1. The number of thiophene rings is 1.